The predicted octanol–water partition coefficient (Wildman–Crippen LogP) is 5.63. The molecule has 0 N–H and O–H groups in total. The van der Waals surface area contributed by atoms with Gasteiger partial charge < -0.3 is 0 Å². The summed E-state index contributed by atoms with van der Waals surface area (Å²) in [5, 5.41) is 0. The molecule has 0 aromatic heterocycles. The Labute approximate surface area is 184 Å². The molecule has 0 fully saturated rings. The van der Waals surface area contributed by atoms with Crippen LogP contribution in [0.4, 0.5) is 16.2 Å². The topological polar surface area (TPSA) is 57.7 Å². The second-order valence-electron chi connectivity index (χ2n) is 8.84. The summed E-state index contributed by atoms with van der Waals surface area (Å²) >= 11 is 0. The second kappa shape index (κ2) is 7.54. The minimum atomic E-state index is -4.02. The van der Waals surface area contributed by atoms with Gasteiger partial charge in [0, 0.05) is 0 Å². The van der Waals surface area contributed by atoms with Crippen LogP contribution in [0.15, 0.2) is 77.7 Å². The maximum Gasteiger partial charge on any atom is 0.343 e. The highest BCUT2D eigenvalue weighted by Crippen LogP contribution is 2.39. The molecule has 0 saturated heterocycles. The fourth-order valence-electron chi connectivity index (χ4n) is 3.78. The average molecular weight is 435 g/mol. The van der Waals surface area contributed by atoms with Crippen molar-refractivity contribution in [2.24, 2.45) is 0 Å². The summed E-state index contributed by atoms with van der Waals surface area (Å²) in [5.41, 5.74) is 3.65. The summed E-state index contributed by atoms with van der Waals surface area (Å²) in [6.07, 6.45) is 0. The van der Waals surface area contributed by atoms with Gasteiger partial charge >= 0.3 is 6.03 Å². The molecule has 0 saturated carbocycles. The van der Waals surface area contributed by atoms with Crippen LogP contribution in [0, 0.1) is 6.92 Å². The molecule has 1 heterocycles. The first-order valence-corrected chi connectivity index (χ1v) is 11.7. The number of amides is 2. The third-order valence-electron chi connectivity index (χ3n) is 5.57. The summed E-state index contributed by atoms with van der Waals surface area (Å²) in [4.78, 5) is 15.2. The SMILES string of the molecule is Cc1ccccc1N1C(=O)N(Cc2ccc(C(C)(C)C)cc2)c2ccccc2S1(=O)=O. The number of anilines is 2. The summed E-state index contributed by atoms with van der Waals surface area (Å²) in [6, 6.07) is 21.2. The van der Waals surface area contributed by atoms with Crippen LogP contribution in [0.5, 0.6) is 0 Å². The zero-order valence-electron chi connectivity index (χ0n) is 18.2. The maximum atomic E-state index is 13.6. The molecule has 5 nitrogen and oxygen atoms in total. The largest absolute Gasteiger partial charge is 0.343 e. The lowest BCUT2D eigenvalue weighted by molar-refractivity contribution is 0.253. The van der Waals surface area contributed by atoms with Crippen LogP contribution < -0.4 is 9.21 Å². The third kappa shape index (κ3) is 3.72. The van der Waals surface area contributed by atoms with Gasteiger partial charge in [-0.25, -0.2) is 13.2 Å². The van der Waals surface area contributed by atoms with Gasteiger partial charge in [0.15, 0.2) is 0 Å². The van der Waals surface area contributed by atoms with E-state index in [1.807, 2.05) is 18.2 Å². The van der Waals surface area contributed by atoms with E-state index in [4.69, 9.17) is 0 Å². The van der Waals surface area contributed by atoms with Crippen molar-refractivity contribution in [3.05, 3.63) is 89.5 Å². The standard InChI is InChI=1S/C25H26N2O3S/c1-18-9-5-6-10-21(18)27-24(28)26(22-11-7-8-12-23(22)31(27,29)30)17-19-13-15-20(16-14-19)25(2,3)4/h5-16H,17H2,1-4H3. The number of nitrogens with zero attached hydrogens (tertiary/aromatic N) is 2. The smallest absolute Gasteiger partial charge is 0.287 e. The Kier molecular flexibility index (Phi) is 5.13. The van der Waals surface area contributed by atoms with E-state index in [9.17, 15) is 13.2 Å². The van der Waals surface area contributed by atoms with Crippen molar-refractivity contribution in [3.63, 3.8) is 0 Å². The van der Waals surface area contributed by atoms with E-state index in [-0.39, 0.29) is 16.9 Å². The van der Waals surface area contributed by atoms with E-state index in [1.165, 1.54) is 10.5 Å². The first kappa shape index (κ1) is 21.1. The van der Waals surface area contributed by atoms with Crippen molar-refractivity contribution in [2.45, 2.75) is 44.6 Å². The normalized spacial score (nSPS) is 15.7. The number of hydrogen-bond donors (Lipinski definition) is 0. The van der Waals surface area contributed by atoms with Crippen molar-refractivity contribution in [3.8, 4) is 0 Å². The van der Waals surface area contributed by atoms with E-state index < -0.39 is 16.1 Å². The molecule has 31 heavy (non-hydrogen) atoms. The van der Waals surface area contributed by atoms with Crippen molar-refractivity contribution in [1.82, 2.24) is 0 Å². The lowest BCUT2D eigenvalue weighted by Gasteiger charge is -2.36. The zero-order valence-corrected chi connectivity index (χ0v) is 19.0. The first-order valence-electron chi connectivity index (χ1n) is 10.2. The molecule has 6 heteroatoms. The van der Waals surface area contributed by atoms with E-state index in [2.05, 4.69) is 32.9 Å². The van der Waals surface area contributed by atoms with Crippen molar-refractivity contribution in [2.75, 3.05) is 9.21 Å². The Balaban J connectivity index is 1.81. The highest BCUT2D eigenvalue weighted by Gasteiger charge is 2.42. The molecule has 3 aromatic carbocycles. The number of fused-ring (bicyclic) bond motifs is 1. The molecule has 0 aliphatic carbocycles. The van der Waals surface area contributed by atoms with Gasteiger partial charge in [-0.05, 0) is 47.2 Å². The maximum absolute atomic E-state index is 13.6. The highest BCUT2D eigenvalue weighted by atomic mass is 32.2. The van der Waals surface area contributed by atoms with E-state index in [0.717, 1.165) is 9.87 Å². The molecule has 160 valence electrons. The van der Waals surface area contributed by atoms with E-state index in [1.54, 1.807) is 49.4 Å². The summed E-state index contributed by atoms with van der Waals surface area (Å²) in [6.45, 7) is 8.53. The lowest BCUT2D eigenvalue weighted by atomic mass is 9.87. The molecular formula is C25H26N2O3S. The monoisotopic (exact) mass is 434 g/mol. The van der Waals surface area contributed by atoms with Gasteiger partial charge in [-0.15, -0.1) is 0 Å². The van der Waals surface area contributed by atoms with Gasteiger partial charge in [0.2, 0.25) is 0 Å². The van der Waals surface area contributed by atoms with E-state index in [0.29, 0.717) is 16.9 Å². The fraction of sp³-hybridized carbons (Fsp3) is 0.240. The number of urea groups is 1. The summed E-state index contributed by atoms with van der Waals surface area (Å²) in [7, 11) is -4.02. The van der Waals surface area contributed by atoms with Crippen LogP contribution in [0.25, 0.3) is 0 Å². The van der Waals surface area contributed by atoms with Crippen LogP contribution in [-0.2, 0) is 22.0 Å². The number of para-hydroxylation sites is 2. The molecule has 3 aromatic rings. The Morgan fingerprint density at radius 3 is 2.00 bits per heavy atom. The Morgan fingerprint density at radius 1 is 0.806 bits per heavy atom. The number of benzene rings is 3. The van der Waals surface area contributed by atoms with Gasteiger partial charge in [-0.2, -0.15) is 4.31 Å². The molecule has 0 bridgehead atoms. The van der Waals surface area contributed by atoms with E-state index >= 15 is 0 Å². The number of sulfonamides is 1. The zero-order chi connectivity index (χ0) is 22.4. The fourth-order valence-corrected chi connectivity index (χ4v) is 5.44. The Bertz CT molecular complexity index is 1240. The molecule has 1 aliphatic heterocycles. The minimum absolute atomic E-state index is 0.0296. The lowest BCUT2D eigenvalue weighted by Crippen LogP contribution is -2.51. The molecule has 0 spiro atoms. The molecule has 0 radical (unpaired) electrons. The van der Waals surface area contributed by atoms with Gasteiger partial charge in [0.25, 0.3) is 10.0 Å². The predicted molar refractivity (Wildman–Crippen MR) is 124 cm³/mol. The van der Waals surface area contributed by atoms with Gasteiger partial charge in [-0.1, -0.05) is 75.4 Å². The van der Waals surface area contributed by atoms with Crippen LogP contribution in [0.2, 0.25) is 0 Å². The molecular weight excluding hydrogens is 408 g/mol. The summed E-state index contributed by atoms with van der Waals surface area (Å²) in [5.74, 6) is 0. The number of carbonyl (C=O) groups is 1. The first-order chi connectivity index (χ1) is 14.6. The number of hydrogen-bond acceptors (Lipinski definition) is 3. The number of rotatable bonds is 3. The van der Waals surface area contributed by atoms with Crippen LogP contribution in [0.3, 0.4) is 0 Å². The minimum Gasteiger partial charge on any atom is -0.287 e. The third-order valence-corrected chi connectivity index (χ3v) is 7.31. The van der Waals surface area contributed by atoms with Crippen LogP contribution in [-0.4, -0.2) is 14.4 Å². The second-order valence-corrected chi connectivity index (χ2v) is 10.6. The highest BCUT2D eigenvalue weighted by molar-refractivity contribution is 7.94. The quantitative estimate of drug-likeness (QED) is 0.537. The van der Waals surface area contributed by atoms with Crippen LogP contribution in [0.1, 0.15) is 37.5 Å². The number of aryl methyl sites for hydroxylation is 1. The Hall–Kier alpha value is -3.12. The average Bonchev–Trinajstić information content (AvgIpc) is 2.72. The van der Waals surface area contributed by atoms with Crippen molar-refractivity contribution < 1.29 is 13.2 Å². The molecule has 1 aliphatic rings. The van der Waals surface area contributed by atoms with Gasteiger partial charge in [-0.3, -0.25) is 4.90 Å². The molecule has 0 atom stereocenters. The molecule has 0 unspecified atom stereocenters. The van der Waals surface area contributed by atoms with Crippen molar-refractivity contribution >= 4 is 27.4 Å². The molecule has 2 amide bonds. The molecule has 4 rings (SSSR count). The van der Waals surface area contributed by atoms with Crippen molar-refractivity contribution in [1.29, 1.82) is 0 Å². The Morgan fingerprint density at radius 2 is 1.39 bits per heavy atom. The van der Waals surface area contributed by atoms with Crippen LogP contribution >= 0.6 is 0 Å². The number of carbonyl (C=O) groups excluding carboxylic acids is 1. The summed E-state index contributed by atoms with van der Waals surface area (Å²) < 4.78 is 27.7. The van der Waals surface area contributed by atoms with Gasteiger partial charge in [0.05, 0.1) is 17.9 Å². The van der Waals surface area contributed by atoms with Gasteiger partial charge in [0.1, 0.15) is 4.90 Å².